The van der Waals surface area contributed by atoms with Crippen LogP contribution in [0.25, 0.3) is 0 Å². The number of anilines is 1. The molecule has 0 spiro atoms. The summed E-state index contributed by atoms with van der Waals surface area (Å²) in [7, 11) is 0. The first-order valence-corrected chi connectivity index (χ1v) is 5.92. The molecule has 17 heavy (non-hydrogen) atoms. The molecule has 0 fully saturated rings. The van der Waals surface area contributed by atoms with Crippen LogP contribution < -0.4 is 5.32 Å². The van der Waals surface area contributed by atoms with Gasteiger partial charge >= 0.3 is 0 Å². The van der Waals surface area contributed by atoms with Crippen molar-refractivity contribution in [1.82, 2.24) is 4.98 Å². The Balaban J connectivity index is 1.95. The largest absolute Gasteiger partial charge is 0.302 e. The van der Waals surface area contributed by atoms with Gasteiger partial charge in [-0.1, -0.05) is 12.1 Å². The number of carbonyl (C=O) groups is 1. The fraction of sp³-hybridized carbons (Fsp3) is 0.167. The predicted molar refractivity (Wildman–Crippen MR) is 65.6 cm³/mol. The average molecular weight is 250 g/mol. The first-order chi connectivity index (χ1) is 8.13. The third kappa shape index (κ3) is 3.35. The summed E-state index contributed by atoms with van der Waals surface area (Å²) in [6.45, 7) is 1.92. The van der Waals surface area contributed by atoms with Crippen LogP contribution in [0.15, 0.2) is 30.5 Å². The van der Waals surface area contributed by atoms with Crippen LogP contribution in [0.3, 0.4) is 0 Å². The topological polar surface area (TPSA) is 42.0 Å². The zero-order valence-electron chi connectivity index (χ0n) is 9.24. The van der Waals surface area contributed by atoms with Gasteiger partial charge in [0.25, 0.3) is 0 Å². The Labute approximate surface area is 102 Å². The van der Waals surface area contributed by atoms with Crippen molar-refractivity contribution in [2.45, 2.75) is 13.3 Å². The molecule has 0 atom stereocenters. The van der Waals surface area contributed by atoms with Gasteiger partial charge < -0.3 is 5.32 Å². The Morgan fingerprint density at radius 1 is 1.41 bits per heavy atom. The molecule has 1 amide bonds. The first kappa shape index (κ1) is 11.7. The highest BCUT2D eigenvalue weighted by atomic mass is 32.1. The quantitative estimate of drug-likeness (QED) is 0.910. The van der Waals surface area contributed by atoms with Crippen LogP contribution in [0.2, 0.25) is 0 Å². The van der Waals surface area contributed by atoms with E-state index in [1.54, 1.807) is 18.3 Å². The van der Waals surface area contributed by atoms with Crippen molar-refractivity contribution in [3.05, 3.63) is 46.7 Å². The van der Waals surface area contributed by atoms with Crippen molar-refractivity contribution in [3.63, 3.8) is 0 Å². The lowest BCUT2D eigenvalue weighted by Gasteiger charge is -2.01. The van der Waals surface area contributed by atoms with E-state index in [1.807, 2.05) is 6.92 Å². The molecule has 0 saturated carbocycles. The van der Waals surface area contributed by atoms with Gasteiger partial charge in [0, 0.05) is 11.1 Å². The fourth-order valence-corrected chi connectivity index (χ4v) is 2.04. The van der Waals surface area contributed by atoms with Crippen LogP contribution in [0.5, 0.6) is 0 Å². The molecule has 5 heteroatoms. The van der Waals surface area contributed by atoms with E-state index in [1.165, 1.54) is 23.5 Å². The van der Waals surface area contributed by atoms with E-state index in [9.17, 15) is 9.18 Å². The summed E-state index contributed by atoms with van der Waals surface area (Å²) >= 11 is 1.43. The summed E-state index contributed by atoms with van der Waals surface area (Å²) < 4.78 is 12.7. The minimum absolute atomic E-state index is 0.147. The van der Waals surface area contributed by atoms with Crippen molar-refractivity contribution < 1.29 is 9.18 Å². The van der Waals surface area contributed by atoms with E-state index in [0.29, 0.717) is 5.13 Å². The van der Waals surface area contributed by atoms with E-state index in [2.05, 4.69) is 10.3 Å². The van der Waals surface area contributed by atoms with Gasteiger partial charge in [-0.2, -0.15) is 0 Å². The van der Waals surface area contributed by atoms with Gasteiger partial charge in [0.2, 0.25) is 5.91 Å². The highest BCUT2D eigenvalue weighted by molar-refractivity contribution is 7.15. The number of hydrogen-bond acceptors (Lipinski definition) is 3. The van der Waals surface area contributed by atoms with E-state index in [0.717, 1.165) is 10.4 Å². The van der Waals surface area contributed by atoms with Crippen LogP contribution in [0, 0.1) is 12.7 Å². The standard InChI is InChI=1S/C12H11FN2OS/c1-8-7-14-12(17-8)15-11(16)6-9-2-4-10(13)5-3-9/h2-5,7H,6H2,1H3,(H,14,15,16). The molecule has 0 aliphatic carbocycles. The maximum Gasteiger partial charge on any atom is 0.230 e. The molecular weight excluding hydrogens is 239 g/mol. The molecule has 0 radical (unpaired) electrons. The normalized spacial score (nSPS) is 10.2. The second-order valence-corrected chi connectivity index (χ2v) is 4.86. The van der Waals surface area contributed by atoms with Crippen molar-refractivity contribution in [2.75, 3.05) is 5.32 Å². The van der Waals surface area contributed by atoms with Gasteiger partial charge in [-0.15, -0.1) is 11.3 Å². The molecule has 1 heterocycles. The molecular formula is C12H11FN2OS. The third-order valence-electron chi connectivity index (χ3n) is 2.15. The number of aryl methyl sites for hydroxylation is 1. The number of rotatable bonds is 3. The minimum atomic E-state index is -0.301. The zero-order chi connectivity index (χ0) is 12.3. The summed E-state index contributed by atoms with van der Waals surface area (Å²) in [6, 6.07) is 5.89. The molecule has 2 rings (SSSR count). The molecule has 3 nitrogen and oxygen atoms in total. The second-order valence-electron chi connectivity index (χ2n) is 3.63. The average Bonchev–Trinajstić information content (AvgIpc) is 2.67. The SMILES string of the molecule is Cc1cnc(NC(=O)Cc2ccc(F)cc2)s1. The van der Waals surface area contributed by atoms with Crippen molar-refractivity contribution in [1.29, 1.82) is 0 Å². The Morgan fingerprint density at radius 2 is 2.12 bits per heavy atom. The van der Waals surface area contributed by atoms with Crippen LogP contribution >= 0.6 is 11.3 Å². The minimum Gasteiger partial charge on any atom is -0.302 e. The van der Waals surface area contributed by atoms with E-state index in [4.69, 9.17) is 0 Å². The highest BCUT2D eigenvalue weighted by Crippen LogP contribution is 2.16. The van der Waals surface area contributed by atoms with E-state index < -0.39 is 0 Å². The number of thiazole rings is 1. The van der Waals surface area contributed by atoms with Crippen LogP contribution in [-0.2, 0) is 11.2 Å². The number of benzene rings is 1. The number of carbonyl (C=O) groups excluding carboxylic acids is 1. The maximum atomic E-state index is 12.7. The smallest absolute Gasteiger partial charge is 0.230 e. The van der Waals surface area contributed by atoms with Gasteiger partial charge in [0.1, 0.15) is 5.82 Å². The van der Waals surface area contributed by atoms with Gasteiger partial charge in [-0.25, -0.2) is 9.37 Å². The molecule has 2 aromatic rings. The molecule has 1 aromatic heterocycles. The Morgan fingerprint density at radius 3 is 2.71 bits per heavy atom. The van der Waals surface area contributed by atoms with Crippen molar-refractivity contribution >= 4 is 22.4 Å². The molecule has 1 N–H and O–H groups in total. The second kappa shape index (κ2) is 5.05. The number of hydrogen-bond donors (Lipinski definition) is 1. The Bertz CT molecular complexity index is 522. The lowest BCUT2D eigenvalue weighted by molar-refractivity contribution is -0.115. The Kier molecular flexibility index (Phi) is 3.49. The summed E-state index contributed by atoms with van der Waals surface area (Å²) in [6.07, 6.45) is 1.93. The predicted octanol–water partition coefficient (Wildman–Crippen LogP) is 2.77. The van der Waals surface area contributed by atoms with Crippen LogP contribution in [-0.4, -0.2) is 10.9 Å². The fourth-order valence-electron chi connectivity index (χ4n) is 1.36. The van der Waals surface area contributed by atoms with Crippen LogP contribution in [0.1, 0.15) is 10.4 Å². The number of halogens is 1. The number of nitrogens with zero attached hydrogens (tertiary/aromatic N) is 1. The molecule has 0 aliphatic rings. The molecule has 0 saturated heterocycles. The molecule has 0 aliphatic heterocycles. The van der Waals surface area contributed by atoms with Crippen LogP contribution in [0.4, 0.5) is 9.52 Å². The molecule has 88 valence electrons. The summed E-state index contributed by atoms with van der Waals surface area (Å²) in [5.74, 6) is -0.448. The summed E-state index contributed by atoms with van der Waals surface area (Å²) in [4.78, 5) is 16.7. The number of amides is 1. The molecule has 0 unspecified atom stereocenters. The summed E-state index contributed by atoms with van der Waals surface area (Å²) in [5.41, 5.74) is 0.775. The maximum absolute atomic E-state index is 12.7. The van der Waals surface area contributed by atoms with Gasteiger partial charge in [-0.05, 0) is 24.6 Å². The van der Waals surface area contributed by atoms with Crippen molar-refractivity contribution in [3.8, 4) is 0 Å². The summed E-state index contributed by atoms with van der Waals surface area (Å²) in [5, 5.41) is 3.29. The first-order valence-electron chi connectivity index (χ1n) is 5.10. The van der Waals surface area contributed by atoms with E-state index >= 15 is 0 Å². The highest BCUT2D eigenvalue weighted by Gasteiger charge is 2.06. The molecule has 0 bridgehead atoms. The van der Waals surface area contributed by atoms with E-state index in [-0.39, 0.29) is 18.1 Å². The Hall–Kier alpha value is -1.75. The van der Waals surface area contributed by atoms with Crippen molar-refractivity contribution in [2.24, 2.45) is 0 Å². The van der Waals surface area contributed by atoms with Gasteiger partial charge in [-0.3, -0.25) is 4.79 Å². The van der Waals surface area contributed by atoms with Gasteiger partial charge in [0.05, 0.1) is 6.42 Å². The lowest BCUT2D eigenvalue weighted by atomic mass is 10.1. The third-order valence-corrected chi connectivity index (χ3v) is 2.97. The van der Waals surface area contributed by atoms with Gasteiger partial charge in [0.15, 0.2) is 5.13 Å². The molecule has 1 aromatic carbocycles. The monoisotopic (exact) mass is 250 g/mol. The number of aromatic nitrogens is 1. The number of nitrogens with one attached hydrogen (secondary N) is 1. The zero-order valence-corrected chi connectivity index (χ0v) is 10.1. The lowest BCUT2D eigenvalue weighted by Crippen LogP contribution is -2.14.